The van der Waals surface area contributed by atoms with E-state index in [1.54, 1.807) is 7.11 Å². The Kier molecular flexibility index (Phi) is 3.77. The first-order chi connectivity index (χ1) is 6.69. The van der Waals surface area contributed by atoms with E-state index in [0.29, 0.717) is 6.73 Å². The smallest absolute Gasteiger partial charge is 0.118 e. The fourth-order valence-corrected chi connectivity index (χ4v) is 1.36. The number of methoxy groups -OCH3 is 1. The molecule has 0 aliphatic carbocycles. The Morgan fingerprint density at radius 1 is 1.43 bits per heavy atom. The van der Waals surface area contributed by atoms with E-state index in [-0.39, 0.29) is 0 Å². The maximum atomic E-state index is 5.75. The number of nitrogen functional groups attached to an aromatic ring is 1. The number of ether oxygens (including phenoxy) is 1. The standard InChI is InChI=1S/C11H18N2O/c1-4-13(8-14-3)10-5-6-11(12)9(2)7-10/h5-7H,4,8,12H2,1-3H3. The van der Waals surface area contributed by atoms with E-state index in [9.17, 15) is 0 Å². The van der Waals surface area contributed by atoms with Crippen molar-refractivity contribution in [1.82, 2.24) is 0 Å². The molecular weight excluding hydrogens is 176 g/mol. The van der Waals surface area contributed by atoms with Crippen molar-refractivity contribution in [3.05, 3.63) is 23.8 Å². The van der Waals surface area contributed by atoms with Gasteiger partial charge in [-0.15, -0.1) is 0 Å². The van der Waals surface area contributed by atoms with Crippen molar-refractivity contribution >= 4 is 11.4 Å². The summed E-state index contributed by atoms with van der Waals surface area (Å²) in [5.41, 5.74) is 8.85. The summed E-state index contributed by atoms with van der Waals surface area (Å²) in [5, 5.41) is 0. The first-order valence-electron chi connectivity index (χ1n) is 4.79. The van der Waals surface area contributed by atoms with Gasteiger partial charge in [-0.1, -0.05) is 0 Å². The van der Waals surface area contributed by atoms with Crippen LogP contribution in [-0.4, -0.2) is 20.4 Å². The molecule has 0 aliphatic rings. The Hall–Kier alpha value is -1.22. The van der Waals surface area contributed by atoms with Gasteiger partial charge >= 0.3 is 0 Å². The molecule has 78 valence electrons. The molecule has 1 rings (SSSR count). The monoisotopic (exact) mass is 194 g/mol. The van der Waals surface area contributed by atoms with E-state index >= 15 is 0 Å². The Morgan fingerprint density at radius 2 is 2.14 bits per heavy atom. The van der Waals surface area contributed by atoms with Gasteiger partial charge in [0.15, 0.2) is 0 Å². The normalized spacial score (nSPS) is 10.2. The number of nitrogens with zero attached hydrogens (tertiary/aromatic N) is 1. The van der Waals surface area contributed by atoms with Gasteiger partial charge in [0, 0.05) is 25.0 Å². The maximum Gasteiger partial charge on any atom is 0.118 e. The first-order valence-corrected chi connectivity index (χ1v) is 4.79. The van der Waals surface area contributed by atoms with Crippen LogP contribution in [0.4, 0.5) is 11.4 Å². The average Bonchev–Trinajstić information content (AvgIpc) is 2.19. The van der Waals surface area contributed by atoms with E-state index in [1.807, 2.05) is 19.1 Å². The molecule has 0 saturated heterocycles. The third kappa shape index (κ3) is 2.39. The largest absolute Gasteiger partial charge is 0.399 e. The van der Waals surface area contributed by atoms with Gasteiger partial charge in [-0.2, -0.15) is 0 Å². The molecule has 0 aliphatic heterocycles. The van der Waals surface area contributed by atoms with Crippen LogP contribution in [0, 0.1) is 6.92 Å². The molecule has 0 heterocycles. The van der Waals surface area contributed by atoms with Gasteiger partial charge in [-0.05, 0) is 37.6 Å². The second kappa shape index (κ2) is 4.86. The van der Waals surface area contributed by atoms with Crippen molar-refractivity contribution in [3.8, 4) is 0 Å². The summed E-state index contributed by atoms with van der Waals surface area (Å²) in [5.74, 6) is 0. The second-order valence-electron chi connectivity index (χ2n) is 3.31. The quantitative estimate of drug-likeness (QED) is 0.588. The lowest BCUT2D eigenvalue weighted by molar-refractivity contribution is 0.198. The van der Waals surface area contributed by atoms with Crippen LogP contribution >= 0.6 is 0 Å². The molecule has 2 N–H and O–H groups in total. The van der Waals surface area contributed by atoms with Crippen molar-refractivity contribution < 1.29 is 4.74 Å². The third-order valence-corrected chi connectivity index (χ3v) is 2.29. The van der Waals surface area contributed by atoms with Crippen LogP contribution in [-0.2, 0) is 4.74 Å². The summed E-state index contributed by atoms with van der Waals surface area (Å²) in [6, 6.07) is 6.03. The molecule has 0 unspecified atom stereocenters. The lowest BCUT2D eigenvalue weighted by atomic mass is 10.2. The van der Waals surface area contributed by atoms with Crippen LogP contribution in [0.5, 0.6) is 0 Å². The van der Waals surface area contributed by atoms with Gasteiger partial charge in [0.1, 0.15) is 6.73 Å². The summed E-state index contributed by atoms with van der Waals surface area (Å²) >= 11 is 0. The molecule has 0 atom stereocenters. The summed E-state index contributed by atoms with van der Waals surface area (Å²) in [4.78, 5) is 2.15. The summed E-state index contributed by atoms with van der Waals surface area (Å²) in [6.07, 6.45) is 0. The minimum absolute atomic E-state index is 0.611. The fraction of sp³-hybridized carbons (Fsp3) is 0.455. The highest BCUT2D eigenvalue weighted by Crippen LogP contribution is 2.20. The Balaban J connectivity index is 2.88. The van der Waals surface area contributed by atoms with Gasteiger partial charge in [0.25, 0.3) is 0 Å². The van der Waals surface area contributed by atoms with Crippen molar-refractivity contribution in [2.75, 3.05) is 31.0 Å². The molecule has 14 heavy (non-hydrogen) atoms. The molecule has 0 bridgehead atoms. The first kappa shape index (κ1) is 10.9. The van der Waals surface area contributed by atoms with E-state index < -0.39 is 0 Å². The molecule has 0 aromatic heterocycles. The number of nitrogens with two attached hydrogens (primary N) is 1. The van der Waals surface area contributed by atoms with Crippen molar-refractivity contribution in [2.45, 2.75) is 13.8 Å². The lowest BCUT2D eigenvalue weighted by Crippen LogP contribution is -2.24. The van der Waals surface area contributed by atoms with Gasteiger partial charge in [0.2, 0.25) is 0 Å². The molecule has 0 amide bonds. The molecular formula is C11H18N2O. The van der Waals surface area contributed by atoms with E-state index in [0.717, 1.165) is 23.5 Å². The highest BCUT2D eigenvalue weighted by atomic mass is 16.5. The number of aryl methyl sites for hydroxylation is 1. The molecule has 1 aromatic rings. The predicted octanol–water partition coefficient (Wildman–Crippen LogP) is 2.01. The third-order valence-electron chi connectivity index (χ3n) is 2.29. The zero-order valence-electron chi connectivity index (χ0n) is 9.08. The Bertz CT molecular complexity index is 299. The van der Waals surface area contributed by atoms with E-state index in [4.69, 9.17) is 10.5 Å². The number of benzene rings is 1. The SMILES string of the molecule is CCN(COC)c1ccc(N)c(C)c1. The Labute approximate surface area is 85.5 Å². The minimum Gasteiger partial charge on any atom is -0.399 e. The van der Waals surface area contributed by atoms with Gasteiger partial charge < -0.3 is 15.4 Å². The van der Waals surface area contributed by atoms with E-state index in [1.165, 1.54) is 0 Å². The fourth-order valence-electron chi connectivity index (χ4n) is 1.36. The van der Waals surface area contributed by atoms with E-state index in [2.05, 4.69) is 17.9 Å². The Morgan fingerprint density at radius 3 is 2.64 bits per heavy atom. The van der Waals surface area contributed by atoms with Crippen molar-refractivity contribution in [1.29, 1.82) is 0 Å². The van der Waals surface area contributed by atoms with Crippen LogP contribution in [0.15, 0.2) is 18.2 Å². The van der Waals surface area contributed by atoms with Crippen LogP contribution in [0.3, 0.4) is 0 Å². The molecule has 0 fully saturated rings. The molecule has 3 heteroatoms. The summed E-state index contributed by atoms with van der Waals surface area (Å²) in [7, 11) is 1.70. The maximum absolute atomic E-state index is 5.75. The highest BCUT2D eigenvalue weighted by molar-refractivity contribution is 5.57. The molecule has 0 spiro atoms. The number of hydrogen-bond donors (Lipinski definition) is 1. The van der Waals surface area contributed by atoms with Crippen LogP contribution in [0.2, 0.25) is 0 Å². The van der Waals surface area contributed by atoms with Crippen LogP contribution in [0.1, 0.15) is 12.5 Å². The zero-order chi connectivity index (χ0) is 10.6. The molecule has 1 aromatic carbocycles. The number of anilines is 2. The summed E-state index contributed by atoms with van der Waals surface area (Å²) in [6.45, 7) is 5.65. The second-order valence-corrected chi connectivity index (χ2v) is 3.31. The molecule has 0 saturated carbocycles. The van der Waals surface area contributed by atoms with Crippen LogP contribution in [0.25, 0.3) is 0 Å². The topological polar surface area (TPSA) is 38.5 Å². The van der Waals surface area contributed by atoms with Crippen LogP contribution < -0.4 is 10.6 Å². The average molecular weight is 194 g/mol. The molecule has 0 radical (unpaired) electrons. The highest BCUT2D eigenvalue weighted by Gasteiger charge is 2.04. The number of hydrogen-bond acceptors (Lipinski definition) is 3. The van der Waals surface area contributed by atoms with Gasteiger partial charge in [-0.25, -0.2) is 0 Å². The lowest BCUT2D eigenvalue weighted by Gasteiger charge is -2.22. The predicted molar refractivity (Wildman–Crippen MR) is 60.5 cm³/mol. The minimum atomic E-state index is 0.611. The summed E-state index contributed by atoms with van der Waals surface area (Å²) < 4.78 is 5.11. The zero-order valence-corrected chi connectivity index (χ0v) is 9.08. The van der Waals surface area contributed by atoms with Crippen molar-refractivity contribution in [2.24, 2.45) is 0 Å². The number of rotatable bonds is 4. The van der Waals surface area contributed by atoms with Gasteiger partial charge in [-0.3, -0.25) is 0 Å². The van der Waals surface area contributed by atoms with Crippen molar-refractivity contribution in [3.63, 3.8) is 0 Å². The van der Waals surface area contributed by atoms with Gasteiger partial charge in [0.05, 0.1) is 0 Å². The molecule has 3 nitrogen and oxygen atoms in total.